The molecule has 0 saturated carbocycles. The average Bonchev–Trinajstić information content (AvgIpc) is 3.13. The first kappa shape index (κ1) is 15.3. The van der Waals surface area contributed by atoms with E-state index < -0.39 is 0 Å². The molecule has 0 saturated heterocycles. The molecule has 0 spiro atoms. The number of nitrogens with zero attached hydrogens (tertiary/aromatic N) is 6. The van der Waals surface area contributed by atoms with Gasteiger partial charge in [-0.2, -0.15) is 15.0 Å². The lowest BCUT2D eigenvalue weighted by atomic mass is 10.0. The van der Waals surface area contributed by atoms with Crippen LogP contribution in [0.15, 0.2) is 59.8 Å². The lowest BCUT2D eigenvalue weighted by Gasteiger charge is -2.09. The number of fused-ring (bicyclic) bond motifs is 2. The lowest BCUT2D eigenvalue weighted by Crippen LogP contribution is -2.07. The third kappa shape index (κ3) is 2.54. The monoisotopic (exact) mass is 355 g/mol. The summed E-state index contributed by atoms with van der Waals surface area (Å²) in [5, 5.41) is 9.46. The maximum Gasteiger partial charge on any atom is 0.209 e. The average molecular weight is 355 g/mol. The van der Waals surface area contributed by atoms with Gasteiger partial charge in [-0.05, 0) is 18.2 Å². The fourth-order valence-electron chi connectivity index (χ4n) is 3.04. The number of aromatic amines is 1. The molecule has 130 valence electrons. The van der Waals surface area contributed by atoms with Gasteiger partial charge in [0.1, 0.15) is 11.4 Å². The zero-order valence-electron chi connectivity index (χ0n) is 14.3. The van der Waals surface area contributed by atoms with Crippen LogP contribution in [0.3, 0.4) is 0 Å². The Morgan fingerprint density at radius 3 is 2.85 bits per heavy atom. The molecule has 0 amide bonds. The number of hydrogen-bond donors (Lipinski definition) is 1. The molecular formula is C19H13N7O. The molecule has 0 atom stereocenters. The van der Waals surface area contributed by atoms with Crippen molar-refractivity contribution in [2.75, 3.05) is 0 Å². The Labute approximate surface area is 152 Å². The van der Waals surface area contributed by atoms with Gasteiger partial charge in [0.25, 0.3) is 0 Å². The van der Waals surface area contributed by atoms with Crippen molar-refractivity contribution in [3.63, 3.8) is 0 Å². The summed E-state index contributed by atoms with van der Waals surface area (Å²) in [7, 11) is 1.74. The SMILES string of the molecule is Cn1ncc(-c2nc3[nH]ccc(=O)c3nc2-c2ccc3ncccc3c2)n1. The van der Waals surface area contributed by atoms with E-state index in [1.807, 2.05) is 30.3 Å². The predicted octanol–water partition coefficient (Wildman–Crippen LogP) is 2.33. The van der Waals surface area contributed by atoms with E-state index >= 15 is 0 Å². The summed E-state index contributed by atoms with van der Waals surface area (Å²) in [5.41, 5.74) is 3.93. The van der Waals surface area contributed by atoms with E-state index in [9.17, 15) is 4.79 Å². The van der Waals surface area contributed by atoms with Gasteiger partial charge in [0.05, 0.1) is 17.4 Å². The van der Waals surface area contributed by atoms with Gasteiger partial charge in [-0.15, -0.1) is 0 Å². The summed E-state index contributed by atoms with van der Waals surface area (Å²) < 4.78 is 0. The Morgan fingerprint density at radius 2 is 2.00 bits per heavy atom. The molecule has 0 unspecified atom stereocenters. The van der Waals surface area contributed by atoms with Gasteiger partial charge in [-0.3, -0.25) is 9.78 Å². The van der Waals surface area contributed by atoms with Crippen LogP contribution in [0.4, 0.5) is 0 Å². The molecule has 0 bridgehead atoms. The number of aromatic nitrogens is 7. The number of nitrogens with one attached hydrogen (secondary N) is 1. The predicted molar refractivity (Wildman–Crippen MR) is 101 cm³/mol. The second-order valence-corrected chi connectivity index (χ2v) is 6.09. The smallest absolute Gasteiger partial charge is 0.209 e. The van der Waals surface area contributed by atoms with Crippen LogP contribution >= 0.6 is 0 Å². The van der Waals surface area contributed by atoms with Crippen LogP contribution in [-0.4, -0.2) is 34.9 Å². The van der Waals surface area contributed by atoms with Crippen molar-refractivity contribution in [1.29, 1.82) is 0 Å². The number of aryl methyl sites for hydroxylation is 1. The largest absolute Gasteiger partial charge is 0.345 e. The molecule has 8 heteroatoms. The van der Waals surface area contributed by atoms with Gasteiger partial charge in [-0.25, -0.2) is 9.97 Å². The maximum absolute atomic E-state index is 12.3. The van der Waals surface area contributed by atoms with Crippen molar-refractivity contribution < 1.29 is 0 Å². The van der Waals surface area contributed by atoms with E-state index in [4.69, 9.17) is 0 Å². The second kappa shape index (κ2) is 5.80. The number of H-pyrrole nitrogens is 1. The fraction of sp³-hybridized carbons (Fsp3) is 0.0526. The van der Waals surface area contributed by atoms with Crippen LogP contribution < -0.4 is 5.43 Å². The first-order valence-corrected chi connectivity index (χ1v) is 8.30. The lowest BCUT2D eigenvalue weighted by molar-refractivity contribution is 0.655. The summed E-state index contributed by atoms with van der Waals surface area (Å²) in [5.74, 6) is 0. The zero-order valence-corrected chi connectivity index (χ0v) is 14.3. The zero-order chi connectivity index (χ0) is 18.4. The van der Waals surface area contributed by atoms with Gasteiger partial charge in [-0.1, -0.05) is 12.1 Å². The normalized spacial score (nSPS) is 11.3. The summed E-state index contributed by atoms with van der Waals surface area (Å²) >= 11 is 0. The number of pyridine rings is 2. The molecule has 1 N–H and O–H groups in total. The Balaban J connectivity index is 1.85. The molecule has 5 rings (SSSR count). The van der Waals surface area contributed by atoms with E-state index in [1.54, 1.807) is 25.6 Å². The van der Waals surface area contributed by atoms with E-state index in [0.717, 1.165) is 16.5 Å². The van der Waals surface area contributed by atoms with Crippen molar-refractivity contribution >= 4 is 22.1 Å². The highest BCUT2D eigenvalue weighted by atomic mass is 16.1. The highest BCUT2D eigenvalue weighted by Gasteiger charge is 2.17. The molecule has 4 heterocycles. The summed E-state index contributed by atoms with van der Waals surface area (Å²) in [6, 6.07) is 11.1. The van der Waals surface area contributed by atoms with E-state index in [-0.39, 0.29) is 10.9 Å². The molecule has 0 radical (unpaired) electrons. The van der Waals surface area contributed by atoms with Crippen molar-refractivity contribution in [3.05, 3.63) is 65.2 Å². The quantitative estimate of drug-likeness (QED) is 0.521. The minimum atomic E-state index is -0.189. The van der Waals surface area contributed by atoms with Gasteiger partial charge >= 0.3 is 0 Å². The molecule has 0 fully saturated rings. The molecule has 0 aliphatic heterocycles. The van der Waals surface area contributed by atoms with Gasteiger partial charge in [0.2, 0.25) is 5.43 Å². The third-order valence-corrected chi connectivity index (χ3v) is 4.30. The van der Waals surface area contributed by atoms with Crippen LogP contribution in [0.25, 0.3) is 44.7 Å². The summed E-state index contributed by atoms with van der Waals surface area (Å²) in [4.78, 5) is 30.3. The Bertz CT molecular complexity index is 1370. The van der Waals surface area contributed by atoms with Crippen molar-refractivity contribution in [2.24, 2.45) is 7.05 Å². The summed E-state index contributed by atoms with van der Waals surface area (Å²) in [6.07, 6.45) is 4.94. The minimum absolute atomic E-state index is 0.189. The van der Waals surface area contributed by atoms with Gasteiger partial charge < -0.3 is 4.98 Å². The molecule has 5 aromatic rings. The number of benzene rings is 1. The van der Waals surface area contributed by atoms with Crippen molar-refractivity contribution in [2.45, 2.75) is 0 Å². The summed E-state index contributed by atoms with van der Waals surface area (Å²) in [6.45, 7) is 0. The highest BCUT2D eigenvalue weighted by Crippen LogP contribution is 2.30. The standard InChI is InChI=1S/C19H13N7O/c1-26-22-10-14(25-26)17-16(23-18-15(27)6-8-21-19(18)24-17)12-4-5-13-11(9-12)3-2-7-20-13/h2-10H,1H3,(H,21,24,27). The number of hydrogen-bond acceptors (Lipinski definition) is 6. The van der Waals surface area contributed by atoms with E-state index in [0.29, 0.717) is 22.7 Å². The second-order valence-electron chi connectivity index (χ2n) is 6.09. The van der Waals surface area contributed by atoms with Crippen LogP contribution in [0.1, 0.15) is 0 Å². The molecule has 0 aliphatic rings. The van der Waals surface area contributed by atoms with E-state index in [1.165, 1.54) is 10.9 Å². The number of rotatable bonds is 2. The van der Waals surface area contributed by atoms with Crippen molar-refractivity contribution in [3.8, 4) is 22.6 Å². The van der Waals surface area contributed by atoms with Gasteiger partial charge in [0, 0.05) is 36.5 Å². The highest BCUT2D eigenvalue weighted by molar-refractivity contribution is 5.88. The molecule has 4 aromatic heterocycles. The molecular weight excluding hydrogens is 342 g/mol. The molecule has 27 heavy (non-hydrogen) atoms. The fourth-order valence-corrected chi connectivity index (χ4v) is 3.04. The minimum Gasteiger partial charge on any atom is -0.345 e. The Kier molecular flexibility index (Phi) is 3.29. The first-order valence-electron chi connectivity index (χ1n) is 8.30. The first-order chi connectivity index (χ1) is 13.2. The molecule has 0 aliphatic carbocycles. The van der Waals surface area contributed by atoms with Crippen LogP contribution in [0, 0.1) is 0 Å². The molecule has 8 nitrogen and oxygen atoms in total. The van der Waals surface area contributed by atoms with Crippen LogP contribution in [0.2, 0.25) is 0 Å². The topological polar surface area (TPSA) is 102 Å². The third-order valence-electron chi connectivity index (χ3n) is 4.30. The maximum atomic E-state index is 12.3. The Morgan fingerprint density at radius 1 is 1.07 bits per heavy atom. The van der Waals surface area contributed by atoms with Crippen molar-refractivity contribution in [1.82, 2.24) is 34.9 Å². The van der Waals surface area contributed by atoms with Crippen LogP contribution in [0.5, 0.6) is 0 Å². The van der Waals surface area contributed by atoms with E-state index in [2.05, 4.69) is 30.1 Å². The van der Waals surface area contributed by atoms with Gasteiger partial charge in [0.15, 0.2) is 11.2 Å². The van der Waals surface area contributed by atoms with Crippen LogP contribution in [-0.2, 0) is 7.05 Å². The molecule has 1 aromatic carbocycles. The Hall–Kier alpha value is -3.94.